The molecule has 0 unspecified atom stereocenters. The lowest BCUT2D eigenvalue weighted by Crippen LogP contribution is -1.74. The number of hydrogen-bond acceptors (Lipinski definition) is 0. The monoisotopic (exact) mass is 128 g/mol. The quantitative estimate of drug-likeness (QED) is 0.469. The van der Waals surface area contributed by atoms with Crippen molar-refractivity contribution in [1.82, 2.24) is 0 Å². The molecule has 2 radical (unpaired) electrons. The van der Waals surface area contributed by atoms with E-state index in [2.05, 4.69) is 11.8 Å². The van der Waals surface area contributed by atoms with Crippen LogP contribution < -0.4 is 0 Å². The first-order chi connectivity index (χ1) is 4.83. The topological polar surface area (TPSA) is 0 Å². The highest BCUT2D eigenvalue weighted by atomic mass is 13.9. The maximum Gasteiger partial charge on any atom is 0.0247 e. The lowest BCUT2D eigenvalue weighted by atomic mass is 10.1. The Bertz CT molecular complexity index is 274. The molecule has 0 aliphatic rings. The molecule has 0 aromatic heterocycles. The van der Waals surface area contributed by atoms with Gasteiger partial charge in [-0.25, -0.2) is 0 Å². The lowest BCUT2D eigenvalue weighted by Gasteiger charge is -1.90. The van der Waals surface area contributed by atoms with Crippen molar-refractivity contribution in [2.24, 2.45) is 0 Å². The first-order valence-corrected chi connectivity index (χ1v) is 3.11. The Hall–Kier alpha value is -1.22. The second-order valence-electron chi connectivity index (χ2n) is 2.00. The zero-order chi connectivity index (χ0) is 7.40. The van der Waals surface area contributed by atoms with Crippen molar-refractivity contribution in [3.05, 3.63) is 42.3 Å². The first-order valence-electron chi connectivity index (χ1n) is 3.11. The van der Waals surface area contributed by atoms with Crippen LogP contribution in [0.15, 0.2) is 24.3 Å². The molecule has 0 spiro atoms. The van der Waals surface area contributed by atoms with Crippen LogP contribution in [0.3, 0.4) is 0 Å². The van der Waals surface area contributed by atoms with Gasteiger partial charge in [-0.1, -0.05) is 18.1 Å². The summed E-state index contributed by atoms with van der Waals surface area (Å²) in [6.07, 6.45) is 0. The molecular formula is C10H8. The van der Waals surface area contributed by atoms with E-state index < -0.39 is 0 Å². The molecule has 0 nitrogen and oxygen atoms in total. The molecule has 48 valence electrons. The highest BCUT2D eigenvalue weighted by Crippen LogP contribution is 2.01. The maximum atomic E-state index is 5.52. The molecule has 0 amide bonds. The third-order valence-electron chi connectivity index (χ3n) is 1.16. The molecule has 0 fully saturated rings. The average molecular weight is 128 g/mol. The second-order valence-corrected chi connectivity index (χ2v) is 2.00. The molecule has 0 saturated carbocycles. The van der Waals surface area contributed by atoms with E-state index in [4.69, 9.17) is 6.92 Å². The molecule has 0 heterocycles. The molecule has 1 rings (SSSR count). The van der Waals surface area contributed by atoms with Crippen LogP contribution in [0.5, 0.6) is 0 Å². The van der Waals surface area contributed by atoms with Crippen LogP contribution in [-0.2, 0) is 0 Å². The summed E-state index contributed by atoms with van der Waals surface area (Å²) in [6.45, 7) is 7.33. The van der Waals surface area contributed by atoms with Gasteiger partial charge in [-0.15, -0.1) is 5.92 Å². The summed E-state index contributed by atoms with van der Waals surface area (Å²) in [6, 6.07) is 7.54. The van der Waals surface area contributed by atoms with Crippen LogP contribution in [0.1, 0.15) is 18.1 Å². The van der Waals surface area contributed by atoms with E-state index >= 15 is 0 Å². The van der Waals surface area contributed by atoms with E-state index in [1.54, 1.807) is 0 Å². The summed E-state index contributed by atoms with van der Waals surface area (Å²) in [5.74, 6) is 5.72. The molecule has 0 saturated heterocycles. The average Bonchev–Trinajstić information content (AvgIpc) is 1.88. The highest BCUT2D eigenvalue weighted by molar-refractivity contribution is 5.37. The number of hydrogen-bond donors (Lipinski definition) is 0. The molecule has 1 aromatic rings. The molecule has 0 aliphatic carbocycles. The van der Waals surface area contributed by atoms with Gasteiger partial charge in [-0.05, 0) is 31.5 Å². The summed E-state index contributed by atoms with van der Waals surface area (Å²) in [5.41, 5.74) is 1.74. The number of rotatable bonds is 0. The number of benzene rings is 1. The normalized spacial score (nSPS) is 8.20. The Morgan fingerprint density at radius 3 is 2.80 bits per heavy atom. The Balaban J connectivity index is 3.03. The minimum Gasteiger partial charge on any atom is -0.101 e. The van der Waals surface area contributed by atoms with Gasteiger partial charge in [0, 0.05) is 5.56 Å². The fourth-order valence-electron chi connectivity index (χ4n) is 0.761. The van der Waals surface area contributed by atoms with Crippen LogP contribution in [-0.4, -0.2) is 0 Å². The van der Waals surface area contributed by atoms with E-state index in [1.807, 2.05) is 31.2 Å². The third kappa shape index (κ3) is 1.63. The fourth-order valence-corrected chi connectivity index (χ4v) is 0.761. The van der Waals surface area contributed by atoms with Crippen LogP contribution in [0, 0.1) is 18.8 Å². The molecule has 0 aliphatic heterocycles. The highest BCUT2D eigenvalue weighted by Gasteiger charge is 1.84. The van der Waals surface area contributed by atoms with Gasteiger partial charge < -0.3 is 0 Å². The molecule has 0 bridgehead atoms. The van der Waals surface area contributed by atoms with Crippen molar-refractivity contribution < 1.29 is 0 Å². The Morgan fingerprint density at radius 1 is 1.40 bits per heavy atom. The van der Waals surface area contributed by atoms with E-state index in [0.717, 1.165) is 11.1 Å². The van der Waals surface area contributed by atoms with Crippen LogP contribution in [0.2, 0.25) is 0 Å². The first kappa shape index (κ1) is 6.89. The van der Waals surface area contributed by atoms with Gasteiger partial charge in [0.15, 0.2) is 0 Å². The van der Waals surface area contributed by atoms with Gasteiger partial charge in [0.05, 0.1) is 0 Å². The van der Waals surface area contributed by atoms with Crippen molar-refractivity contribution in [3.8, 4) is 11.8 Å². The van der Waals surface area contributed by atoms with E-state index in [0.29, 0.717) is 0 Å². The van der Waals surface area contributed by atoms with Gasteiger partial charge >= 0.3 is 0 Å². The predicted molar refractivity (Wildman–Crippen MR) is 42.4 cm³/mol. The van der Waals surface area contributed by atoms with E-state index in [-0.39, 0.29) is 0 Å². The molecule has 0 heteroatoms. The zero-order valence-electron chi connectivity index (χ0n) is 5.89. The van der Waals surface area contributed by atoms with Crippen LogP contribution >= 0.6 is 0 Å². The minimum atomic E-state index is 0.764. The van der Waals surface area contributed by atoms with Crippen molar-refractivity contribution >= 4 is 0 Å². The Kier molecular flexibility index (Phi) is 2.12. The predicted octanol–water partition coefficient (Wildman–Crippen LogP) is 2.12. The smallest absolute Gasteiger partial charge is 0.0247 e. The van der Waals surface area contributed by atoms with Gasteiger partial charge in [0.25, 0.3) is 0 Å². The van der Waals surface area contributed by atoms with Crippen molar-refractivity contribution in [2.75, 3.05) is 0 Å². The second kappa shape index (κ2) is 3.08. The molecule has 10 heavy (non-hydrogen) atoms. The van der Waals surface area contributed by atoms with Crippen molar-refractivity contribution in [1.29, 1.82) is 0 Å². The summed E-state index contributed by atoms with van der Waals surface area (Å²) in [5, 5.41) is 0. The SMILES string of the molecule is [CH]c1cccc(C#CC)c1. The molecular weight excluding hydrogens is 120 g/mol. The summed E-state index contributed by atoms with van der Waals surface area (Å²) in [7, 11) is 0. The molecule has 0 atom stereocenters. The van der Waals surface area contributed by atoms with Gasteiger partial charge in [-0.2, -0.15) is 0 Å². The van der Waals surface area contributed by atoms with Crippen molar-refractivity contribution in [3.63, 3.8) is 0 Å². The maximum absolute atomic E-state index is 5.52. The van der Waals surface area contributed by atoms with Gasteiger partial charge in [0.1, 0.15) is 0 Å². The Labute approximate surface area is 61.9 Å². The van der Waals surface area contributed by atoms with E-state index in [9.17, 15) is 0 Å². The van der Waals surface area contributed by atoms with Gasteiger partial charge in [-0.3, -0.25) is 0 Å². The van der Waals surface area contributed by atoms with Gasteiger partial charge in [0.2, 0.25) is 0 Å². The summed E-state index contributed by atoms with van der Waals surface area (Å²) >= 11 is 0. The molecule has 0 N–H and O–H groups in total. The Morgan fingerprint density at radius 2 is 2.20 bits per heavy atom. The van der Waals surface area contributed by atoms with E-state index in [1.165, 1.54) is 0 Å². The van der Waals surface area contributed by atoms with Crippen LogP contribution in [0.25, 0.3) is 0 Å². The lowest BCUT2D eigenvalue weighted by molar-refractivity contribution is 1.57. The minimum absolute atomic E-state index is 0.764. The van der Waals surface area contributed by atoms with Crippen LogP contribution in [0.4, 0.5) is 0 Å². The third-order valence-corrected chi connectivity index (χ3v) is 1.16. The summed E-state index contributed by atoms with van der Waals surface area (Å²) < 4.78 is 0. The zero-order valence-corrected chi connectivity index (χ0v) is 5.89. The largest absolute Gasteiger partial charge is 0.101 e. The standard InChI is InChI=1S/C10H8/c1-3-5-10-7-4-6-9(2)8-10/h2,4,6-8H,1H3. The summed E-state index contributed by atoms with van der Waals surface area (Å²) in [4.78, 5) is 0. The van der Waals surface area contributed by atoms with Crippen molar-refractivity contribution in [2.45, 2.75) is 6.92 Å². The fraction of sp³-hybridized carbons (Fsp3) is 0.100. The molecule has 1 aromatic carbocycles.